The molecule has 28 heavy (non-hydrogen) atoms. The molecule has 1 saturated heterocycles. The molecule has 0 aromatic heterocycles. The van der Waals surface area contributed by atoms with Crippen LogP contribution in [0.3, 0.4) is 0 Å². The number of benzene rings is 1. The monoisotopic (exact) mass is 427 g/mol. The van der Waals surface area contributed by atoms with Crippen LogP contribution in [0.15, 0.2) is 18.2 Å². The van der Waals surface area contributed by atoms with E-state index in [2.05, 4.69) is 29.4 Å². The molecule has 1 aliphatic heterocycles. The van der Waals surface area contributed by atoms with Gasteiger partial charge in [-0.25, -0.2) is 0 Å². The summed E-state index contributed by atoms with van der Waals surface area (Å²) in [6.45, 7) is 10.4. The fraction of sp³-hybridized carbons (Fsp3) is 0.619. The van der Waals surface area contributed by atoms with Crippen LogP contribution in [-0.4, -0.2) is 47.9 Å². The molecule has 7 heteroatoms. The Morgan fingerprint density at radius 1 is 1.14 bits per heavy atom. The summed E-state index contributed by atoms with van der Waals surface area (Å²) in [6.07, 6.45) is 2.41. The van der Waals surface area contributed by atoms with Crippen molar-refractivity contribution in [2.75, 3.05) is 13.1 Å². The molecule has 0 saturated carbocycles. The third kappa shape index (κ3) is 6.64. The van der Waals surface area contributed by atoms with E-state index < -0.39 is 6.04 Å². The summed E-state index contributed by atoms with van der Waals surface area (Å²) in [4.78, 5) is 27.9. The zero-order chi connectivity index (χ0) is 20.8. The molecule has 1 atom stereocenters. The standard InChI is InChI=1S/C21H31Cl2N3O2/c1-13(2)11-19(25-20(27)17-6-5-15(22)12-18(17)23)21(28)24-16-7-9-26(10-8-16)14(3)4/h5-6,12-14,16,19H,7-11H2,1-4H3,(H,24,28)(H,25,27). The van der Waals surface area contributed by atoms with E-state index in [1.165, 1.54) is 6.07 Å². The molecule has 1 unspecified atom stereocenters. The zero-order valence-electron chi connectivity index (χ0n) is 17.1. The first-order chi connectivity index (χ1) is 13.2. The lowest BCUT2D eigenvalue weighted by Crippen LogP contribution is -2.53. The van der Waals surface area contributed by atoms with Crippen LogP contribution < -0.4 is 10.6 Å². The van der Waals surface area contributed by atoms with Crippen LogP contribution in [0.25, 0.3) is 0 Å². The van der Waals surface area contributed by atoms with Crippen molar-refractivity contribution in [2.24, 2.45) is 5.92 Å². The van der Waals surface area contributed by atoms with Crippen molar-refractivity contribution in [1.82, 2.24) is 15.5 Å². The number of hydrogen-bond donors (Lipinski definition) is 2. The Morgan fingerprint density at radius 2 is 1.79 bits per heavy atom. The molecular weight excluding hydrogens is 397 g/mol. The summed E-state index contributed by atoms with van der Waals surface area (Å²) in [5.74, 6) is -0.230. The van der Waals surface area contributed by atoms with E-state index in [4.69, 9.17) is 23.2 Å². The smallest absolute Gasteiger partial charge is 0.253 e. The number of piperidine rings is 1. The van der Waals surface area contributed by atoms with Gasteiger partial charge in [-0.2, -0.15) is 0 Å². The molecule has 0 radical (unpaired) electrons. The van der Waals surface area contributed by atoms with Crippen molar-refractivity contribution >= 4 is 35.0 Å². The van der Waals surface area contributed by atoms with Gasteiger partial charge in [0, 0.05) is 30.2 Å². The molecule has 1 heterocycles. The van der Waals surface area contributed by atoms with E-state index in [1.54, 1.807) is 12.1 Å². The van der Waals surface area contributed by atoms with Crippen LogP contribution in [0.1, 0.15) is 57.3 Å². The molecular formula is C21H31Cl2N3O2. The minimum absolute atomic E-state index is 0.130. The number of hydrogen-bond acceptors (Lipinski definition) is 3. The number of likely N-dealkylation sites (tertiary alicyclic amines) is 1. The lowest BCUT2D eigenvalue weighted by molar-refractivity contribution is -0.124. The van der Waals surface area contributed by atoms with Gasteiger partial charge in [0.15, 0.2) is 0 Å². The molecule has 1 aromatic rings. The van der Waals surface area contributed by atoms with Gasteiger partial charge < -0.3 is 15.5 Å². The van der Waals surface area contributed by atoms with Crippen molar-refractivity contribution in [3.8, 4) is 0 Å². The van der Waals surface area contributed by atoms with Gasteiger partial charge in [-0.1, -0.05) is 37.0 Å². The van der Waals surface area contributed by atoms with E-state index >= 15 is 0 Å². The minimum atomic E-state index is -0.595. The second-order valence-electron chi connectivity index (χ2n) is 8.19. The van der Waals surface area contributed by atoms with Gasteiger partial charge in [0.05, 0.1) is 10.6 Å². The Hall–Kier alpha value is -1.30. The second kappa shape index (κ2) is 10.5. The first-order valence-electron chi connectivity index (χ1n) is 9.97. The molecule has 5 nitrogen and oxygen atoms in total. The van der Waals surface area contributed by atoms with Crippen molar-refractivity contribution in [3.05, 3.63) is 33.8 Å². The van der Waals surface area contributed by atoms with Crippen LogP contribution in [0.2, 0.25) is 10.0 Å². The van der Waals surface area contributed by atoms with E-state index in [9.17, 15) is 9.59 Å². The Labute approximate surface area is 178 Å². The molecule has 2 rings (SSSR count). The van der Waals surface area contributed by atoms with Gasteiger partial charge in [0.25, 0.3) is 5.91 Å². The van der Waals surface area contributed by atoms with Crippen LogP contribution in [-0.2, 0) is 4.79 Å². The van der Waals surface area contributed by atoms with Crippen LogP contribution in [0.4, 0.5) is 0 Å². The Morgan fingerprint density at radius 3 is 2.32 bits per heavy atom. The topological polar surface area (TPSA) is 61.4 Å². The molecule has 1 fully saturated rings. The summed E-state index contributed by atoms with van der Waals surface area (Å²) in [5, 5.41) is 6.72. The van der Waals surface area contributed by atoms with E-state index in [0.717, 1.165) is 25.9 Å². The first kappa shape index (κ1) is 23.0. The number of halogens is 2. The molecule has 0 bridgehead atoms. The van der Waals surface area contributed by atoms with Gasteiger partial charge in [-0.3, -0.25) is 9.59 Å². The van der Waals surface area contributed by atoms with Gasteiger partial charge in [0.1, 0.15) is 6.04 Å². The van der Waals surface area contributed by atoms with E-state index in [1.807, 2.05) is 13.8 Å². The molecule has 0 aliphatic carbocycles. The largest absolute Gasteiger partial charge is 0.351 e. The fourth-order valence-corrected chi connectivity index (χ4v) is 3.97. The molecule has 1 aromatic carbocycles. The Balaban J connectivity index is 2.00. The summed E-state index contributed by atoms with van der Waals surface area (Å²) in [5.41, 5.74) is 0.317. The maximum absolute atomic E-state index is 12.9. The van der Waals surface area contributed by atoms with Crippen molar-refractivity contribution in [2.45, 2.75) is 65.1 Å². The number of carbonyl (C=O) groups is 2. The lowest BCUT2D eigenvalue weighted by atomic mass is 10.00. The zero-order valence-corrected chi connectivity index (χ0v) is 18.6. The molecule has 2 N–H and O–H groups in total. The van der Waals surface area contributed by atoms with Gasteiger partial charge >= 0.3 is 0 Å². The fourth-order valence-electron chi connectivity index (χ4n) is 3.47. The quantitative estimate of drug-likeness (QED) is 0.687. The van der Waals surface area contributed by atoms with Crippen molar-refractivity contribution < 1.29 is 9.59 Å². The van der Waals surface area contributed by atoms with E-state index in [-0.39, 0.29) is 28.8 Å². The third-order valence-electron chi connectivity index (χ3n) is 5.11. The number of rotatable bonds is 7. The van der Waals surface area contributed by atoms with Gasteiger partial charge in [-0.05, 0) is 57.2 Å². The van der Waals surface area contributed by atoms with Crippen LogP contribution in [0, 0.1) is 5.92 Å². The van der Waals surface area contributed by atoms with E-state index in [0.29, 0.717) is 23.0 Å². The highest BCUT2D eigenvalue weighted by atomic mass is 35.5. The summed E-state index contributed by atoms with van der Waals surface area (Å²) in [6, 6.07) is 4.79. The molecule has 1 aliphatic rings. The van der Waals surface area contributed by atoms with Crippen molar-refractivity contribution in [1.29, 1.82) is 0 Å². The molecule has 2 amide bonds. The molecule has 0 spiro atoms. The number of amides is 2. The minimum Gasteiger partial charge on any atom is -0.351 e. The first-order valence-corrected chi connectivity index (χ1v) is 10.7. The summed E-state index contributed by atoms with van der Waals surface area (Å²) >= 11 is 12.0. The highest BCUT2D eigenvalue weighted by Gasteiger charge is 2.27. The summed E-state index contributed by atoms with van der Waals surface area (Å²) < 4.78 is 0. The third-order valence-corrected chi connectivity index (χ3v) is 5.66. The van der Waals surface area contributed by atoms with Crippen LogP contribution >= 0.6 is 23.2 Å². The lowest BCUT2D eigenvalue weighted by Gasteiger charge is -2.35. The second-order valence-corrected chi connectivity index (χ2v) is 9.04. The van der Waals surface area contributed by atoms with Crippen molar-refractivity contribution in [3.63, 3.8) is 0 Å². The highest BCUT2D eigenvalue weighted by Crippen LogP contribution is 2.21. The SMILES string of the molecule is CC(C)CC(NC(=O)c1ccc(Cl)cc1Cl)C(=O)NC1CCN(C(C)C)CC1. The number of carbonyl (C=O) groups excluding carboxylic acids is 2. The number of nitrogens with zero attached hydrogens (tertiary/aromatic N) is 1. The average Bonchev–Trinajstić information content (AvgIpc) is 2.61. The summed E-state index contributed by atoms with van der Waals surface area (Å²) in [7, 11) is 0. The predicted octanol–water partition coefficient (Wildman–Crippen LogP) is 4.13. The molecule has 156 valence electrons. The predicted molar refractivity (Wildman–Crippen MR) is 115 cm³/mol. The maximum Gasteiger partial charge on any atom is 0.253 e. The highest BCUT2D eigenvalue weighted by molar-refractivity contribution is 6.36. The van der Waals surface area contributed by atoms with Crippen LogP contribution in [0.5, 0.6) is 0 Å². The normalized spacial score (nSPS) is 17.0. The van der Waals surface area contributed by atoms with Gasteiger partial charge in [-0.15, -0.1) is 0 Å². The number of nitrogens with one attached hydrogen (secondary N) is 2. The Bertz CT molecular complexity index is 686. The Kier molecular flexibility index (Phi) is 8.59. The van der Waals surface area contributed by atoms with Gasteiger partial charge in [0.2, 0.25) is 5.91 Å². The maximum atomic E-state index is 12.9. The average molecular weight is 428 g/mol.